The summed E-state index contributed by atoms with van der Waals surface area (Å²) in [6.45, 7) is 12.3. The highest BCUT2D eigenvalue weighted by Crippen LogP contribution is 2.39. The first-order valence-corrected chi connectivity index (χ1v) is 15.6. The predicted molar refractivity (Wildman–Crippen MR) is 182 cm³/mol. The van der Waals surface area contributed by atoms with Crippen LogP contribution in [0.3, 0.4) is 0 Å². The molecule has 4 aromatic rings. The SMILES string of the molecule is Cc1[nH+]cc2c(c1O)C(OCCc1ccccc1)OC2.Cc1cccc(CCC(C)(C)COC2OCc3c[nH+]c(C)c(O)c32)c1.[CH3-].[CH3-]. The molecule has 2 aliphatic rings. The number of benzene rings is 2. The number of aromatic amines is 2. The lowest BCUT2D eigenvalue weighted by atomic mass is 9.87. The van der Waals surface area contributed by atoms with E-state index in [2.05, 4.69) is 67.1 Å². The van der Waals surface area contributed by atoms with Crippen LogP contribution in [-0.4, -0.2) is 23.4 Å². The van der Waals surface area contributed by atoms with Crippen LogP contribution in [0.15, 0.2) is 67.0 Å². The van der Waals surface area contributed by atoms with Gasteiger partial charge in [-0.2, -0.15) is 0 Å². The van der Waals surface area contributed by atoms with Crippen LogP contribution in [-0.2, 0) is 45.0 Å². The molecule has 2 atom stereocenters. The van der Waals surface area contributed by atoms with Gasteiger partial charge >= 0.3 is 0 Å². The molecular weight excluding hydrogens is 592 g/mol. The van der Waals surface area contributed by atoms with Crippen LogP contribution in [0.25, 0.3) is 0 Å². The normalized spacial score (nSPS) is 16.3. The molecule has 6 rings (SSSR count). The summed E-state index contributed by atoms with van der Waals surface area (Å²) in [6, 6.07) is 18.8. The first kappa shape index (κ1) is 37.6. The summed E-state index contributed by atoms with van der Waals surface area (Å²) in [4.78, 5) is 6.07. The fourth-order valence-electron chi connectivity index (χ4n) is 5.57. The van der Waals surface area contributed by atoms with Crippen molar-refractivity contribution >= 4 is 0 Å². The lowest BCUT2D eigenvalue weighted by Crippen LogP contribution is -2.22. The molecule has 2 aromatic carbocycles. The molecule has 0 amide bonds. The van der Waals surface area contributed by atoms with Crippen LogP contribution >= 0.6 is 0 Å². The molecule has 8 heteroatoms. The van der Waals surface area contributed by atoms with E-state index < -0.39 is 12.6 Å². The Bertz CT molecular complexity index is 1590. The fraction of sp³-hybridized carbons (Fsp3) is 0.385. The Morgan fingerprint density at radius 2 is 1.30 bits per heavy atom. The number of aryl methyl sites for hydroxylation is 4. The summed E-state index contributed by atoms with van der Waals surface area (Å²) < 4.78 is 23.1. The van der Waals surface area contributed by atoms with Crippen LogP contribution in [0, 0.1) is 41.0 Å². The highest BCUT2D eigenvalue weighted by Gasteiger charge is 2.33. The molecule has 0 fully saturated rings. The molecular formula is C39H52N2O6. The van der Waals surface area contributed by atoms with E-state index in [1.54, 1.807) is 0 Å². The number of aromatic hydroxyl groups is 2. The van der Waals surface area contributed by atoms with Crippen molar-refractivity contribution < 1.29 is 39.1 Å². The Labute approximate surface area is 280 Å². The van der Waals surface area contributed by atoms with Gasteiger partial charge < -0.3 is 44.0 Å². The van der Waals surface area contributed by atoms with E-state index in [9.17, 15) is 10.2 Å². The van der Waals surface area contributed by atoms with Crippen LogP contribution in [0.5, 0.6) is 11.5 Å². The topological polar surface area (TPSA) is 106 Å². The summed E-state index contributed by atoms with van der Waals surface area (Å²) >= 11 is 0. The Morgan fingerprint density at radius 3 is 1.87 bits per heavy atom. The maximum atomic E-state index is 10.3. The molecule has 2 aliphatic heterocycles. The molecule has 4 heterocycles. The van der Waals surface area contributed by atoms with Crippen LogP contribution in [0.1, 0.15) is 83.2 Å². The summed E-state index contributed by atoms with van der Waals surface area (Å²) in [6.07, 6.45) is 5.68. The second-order valence-electron chi connectivity index (χ2n) is 12.8. The van der Waals surface area contributed by atoms with Gasteiger partial charge in [-0.15, -0.1) is 0 Å². The number of aromatic nitrogens is 2. The zero-order valence-electron chi connectivity index (χ0n) is 29.0. The monoisotopic (exact) mass is 644 g/mol. The molecule has 2 aromatic heterocycles. The molecule has 8 nitrogen and oxygen atoms in total. The van der Waals surface area contributed by atoms with E-state index >= 15 is 0 Å². The van der Waals surface area contributed by atoms with Crippen molar-refractivity contribution in [3.05, 3.63) is 132 Å². The zero-order valence-corrected chi connectivity index (χ0v) is 29.0. The summed E-state index contributed by atoms with van der Waals surface area (Å²) in [5.41, 5.74) is 8.82. The molecule has 2 unspecified atom stereocenters. The standard InChI is InChI=1S/C21H27NO3.C16H17NO3.2CH3/c1-14-6-5-7-16(10-14)8-9-21(3,4)13-25-20-18-17(12-24-20)11-22-15(2)19(18)23;1-11-15(18)14-13(9-17-11)10-20-16(14)19-8-7-12-5-3-2-4-6-12;;/h5-7,10-11,20,23H,8-9,12-13H2,1-4H3;2-6,9,16,18H,7-8,10H2,1H3;2*1H3/q;;2*-1/p+2. The average Bonchev–Trinajstić information content (AvgIpc) is 3.65. The first-order chi connectivity index (χ1) is 21.6. The van der Waals surface area contributed by atoms with Gasteiger partial charge in [-0.1, -0.05) is 74.0 Å². The van der Waals surface area contributed by atoms with Crippen molar-refractivity contribution in [2.45, 2.75) is 79.7 Å². The minimum absolute atomic E-state index is 0. The minimum Gasteiger partial charge on any atom is -0.502 e. The van der Waals surface area contributed by atoms with Gasteiger partial charge in [-0.3, -0.25) is 0 Å². The molecule has 0 bridgehead atoms. The van der Waals surface area contributed by atoms with Gasteiger partial charge in [0.25, 0.3) is 0 Å². The maximum Gasteiger partial charge on any atom is 0.219 e. The molecule has 47 heavy (non-hydrogen) atoms. The number of ether oxygens (including phenoxy) is 4. The smallest absolute Gasteiger partial charge is 0.219 e. The van der Waals surface area contributed by atoms with Crippen molar-refractivity contribution in [1.29, 1.82) is 0 Å². The quantitative estimate of drug-likeness (QED) is 0.177. The highest BCUT2D eigenvalue weighted by atomic mass is 16.7. The van der Waals surface area contributed by atoms with Gasteiger partial charge in [0, 0.05) is 13.8 Å². The van der Waals surface area contributed by atoms with E-state index in [0.29, 0.717) is 26.4 Å². The van der Waals surface area contributed by atoms with E-state index in [1.165, 1.54) is 16.7 Å². The Balaban J connectivity index is 0.000000250. The third kappa shape index (κ3) is 9.61. The summed E-state index contributed by atoms with van der Waals surface area (Å²) in [5.74, 6) is 0.488. The second kappa shape index (κ2) is 16.8. The van der Waals surface area contributed by atoms with E-state index in [4.69, 9.17) is 18.9 Å². The molecule has 0 saturated carbocycles. The summed E-state index contributed by atoms with van der Waals surface area (Å²) in [7, 11) is 0. The third-order valence-corrected chi connectivity index (χ3v) is 8.39. The molecule has 0 radical (unpaired) electrons. The first-order valence-electron chi connectivity index (χ1n) is 15.6. The van der Waals surface area contributed by atoms with E-state index in [0.717, 1.165) is 52.9 Å². The molecule has 254 valence electrons. The highest BCUT2D eigenvalue weighted by molar-refractivity contribution is 5.41. The van der Waals surface area contributed by atoms with E-state index in [1.807, 2.05) is 44.4 Å². The maximum absolute atomic E-state index is 10.3. The lowest BCUT2D eigenvalue weighted by molar-refractivity contribution is -0.389. The average molecular weight is 645 g/mol. The van der Waals surface area contributed by atoms with E-state index in [-0.39, 0.29) is 31.8 Å². The number of hydrogen-bond acceptors (Lipinski definition) is 6. The number of nitrogens with one attached hydrogen (secondary N) is 2. The second-order valence-corrected chi connectivity index (χ2v) is 12.8. The predicted octanol–water partition coefficient (Wildman–Crippen LogP) is 7.23. The number of hydrogen-bond donors (Lipinski definition) is 2. The number of rotatable bonds is 10. The van der Waals surface area contributed by atoms with Gasteiger partial charge in [-0.25, -0.2) is 9.97 Å². The summed E-state index contributed by atoms with van der Waals surface area (Å²) in [5, 5.41) is 20.4. The van der Waals surface area contributed by atoms with Crippen LogP contribution in [0.4, 0.5) is 0 Å². The van der Waals surface area contributed by atoms with Crippen LogP contribution < -0.4 is 9.97 Å². The Hall–Kier alpha value is -3.82. The van der Waals surface area contributed by atoms with Gasteiger partial charge in [0.2, 0.25) is 11.4 Å². The van der Waals surface area contributed by atoms with Gasteiger partial charge in [0.05, 0.1) is 48.7 Å². The van der Waals surface area contributed by atoms with Crippen molar-refractivity contribution in [2.24, 2.45) is 5.41 Å². The van der Waals surface area contributed by atoms with Crippen molar-refractivity contribution in [2.75, 3.05) is 13.2 Å². The van der Waals surface area contributed by atoms with Gasteiger partial charge in [-0.05, 0) is 42.7 Å². The number of pyridine rings is 2. The molecule has 0 spiro atoms. The third-order valence-electron chi connectivity index (χ3n) is 8.39. The lowest BCUT2D eigenvalue weighted by Gasteiger charge is -2.26. The minimum atomic E-state index is -0.485. The fourth-order valence-corrected chi connectivity index (χ4v) is 5.57. The van der Waals surface area contributed by atoms with Crippen molar-refractivity contribution in [1.82, 2.24) is 0 Å². The Kier molecular flexibility index (Phi) is 13.5. The number of fused-ring (bicyclic) bond motifs is 2. The van der Waals surface area contributed by atoms with Crippen molar-refractivity contribution in [3.8, 4) is 11.5 Å². The number of H-pyrrole nitrogens is 2. The van der Waals surface area contributed by atoms with Crippen molar-refractivity contribution in [3.63, 3.8) is 0 Å². The Morgan fingerprint density at radius 1 is 0.745 bits per heavy atom. The molecule has 4 N–H and O–H groups in total. The van der Waals surface area contributed by atoms with Gasteiger partial charge in [0.15, 0.2) is 36.5 Å². The zero-order chi connectivity index (χ0) is 32.0. The molecule has 0 aliphatic carbocycles. The molecule has 0 saturated heterocycles. The van der Waals surface area contributed by atoms with Crippen LogP contribution in [0.2, 0.25) is 0 Å². The van der Waals surface area contributed by atoms with Gasteiger partial charge in [0.1, 0.15) is 0 Å². The largest absolute Gasteiger partial charge is 0.502 e.